The Labute approximate surface area is 202 Å². The first-order valence-corrected chi connectivity index (χ1v) is 13.1. The molecule has 2 aromatic carbocycles. The predicted molar refractivity (Wildman–Crippen MR) is 134 cm³/mol. The maximum Gasteiger partial charge on any atom is 0.244 e. The number of hydrogen-bond donors (Lipinski definition) is 1. The molecule has 1 N–H and O–H groups in total. The fraction of sp³-hybridized carbons (Fsp3) is 0.440. The summed E-state index contributed by atoms with van der Waals surface area (Å²) < 4.78 is 31.5. The van der Waals surface area contributed by atoms with Crippen LogP contribution in [0.5, 0.6) is 5.75 Å². The van der Waals surface area contributed by atoms with Crippen molar-refractivity contribution in [2.75, 3.05) is 24.2 Å². The maximum absolute atomic E-state index is 13.6. The summed E-state index contributed by atoms with van der Waals surface area (Å²) in [4.78, 5) is 27.9. The molecule has 8 nitrogen and oxygen atoms in total. The molecule has 0 saturated carbocycles. The van der Waals surface area contributed by atoms with E-state index in [9.17, 15) is 18.0 Å². The lowest BCUT2D eigenvalue weighted by Gasteiger charge is -2.32. The number of carbonyl (C=O) groups is 2. The molecule has 0 aromatic heterocycles. The van der Waals surface area contributed by atoms with Gasteiger partial charge in [0.2, 0.25) is 21.8 Å². The lowest BCUT2D eigenvalue weighted by molar-refractivity contribution is -0.139. The van der Waals surface area contributed by atoms with E-state index in [2.05, 4.69) is 5.32 Å². The van der Waals surface area contributed by atoms with Gasteiger partial charge in [-0.1, -0.05) is 37.3 Å². The van der Waals surface area contributed by atoms with Crippen LogP contribution in [-0.2, 0) is 26.2 Å². The van der Waals surface area contributed by atoms with Crippen molar-refractivity contribution in [3.8, 4) is 5.75 Å². The van der Waals surface area contributed by atoms with E-state index in [0.29, 0.717) is 11.4 Å². The van der Waals surface area contributed by atoms with Gasteiger partial charge in [0.15, 0.2) is 0 Å². The zero-order chi connectivity index (χ0) is 25.5. The van der Waals surface area contributed by atoms with Crippen LogP contribution in [0.1, 0.15) is 38.3 Å². The molecule has 0 bridgehead atoms. The highest BCUT2D eigenvalue weighted by atomic mass is 32.2. The summed E-state index contributed by atoms with van der Waals surface area (Å²) >= 11 is 0. The van der Waals surface area contributed by atoms with Gasteiger partial charge >= 0.3 is 0 Å². The molecule has 0 heterocycles. The van der Waals surface area contributed by atoms with Crippen molar-refractivity contribution in [2.24, 2.45) is 0 Å². The van der Waals surface area contributed by atoms with E-state index in [0.717, 1.165) is 28.1 Å². The minimum atomic E-state index is -3.79. The number of hydrogen-bond acceptors (Lipinski definition) is 5. The van der Waals surface area contributed by atoms with Gasteiger partial charge in [-0.2, -0.15) is 0 Å². The third-order valence-electron chi connectivity index (χ3n) is 5.79. The second-order valence-corrected chi connectivity index (χ2v) is 10.3. The zero-order valence-electron chi connectivity index (χ0n) is 20.7. The van der Waals surface area contributed by atoms with E-state index in [-0.39, 0.29) is 18.5 Å². The standard InChI is InChI=1S/C25H35N3O5S/c1-7-19(3)26-25(30)20(4)27(16-21-12-9-8-11-18(21)2)24(29)17-28(34(6,31)32)22-13-10-14-23(15-22)33-5/h8-15,19-20H,7,16-17H2,1-6H3,(H,26,30)/t19-,20-/m0/s1. The summed E-state index contributed by atoms with van der Waals surface area (Å²) in [6.07, 6.45) is 1.80. The van der Waals surface area contributed by atoms with Gasteiger partial charge in [-0.25, -0.2) is 8.42 Å². The Hall–Kier alpha value is -3.07. The van der Waals surface area contributed by atoms with Gasteiger partial charge in [-0.3, -0.25) is 13.9 Å². The summed E-state index contributed by atoms with van der Waals surface area (Å²) in [6.45, 7) is 7.18. The SMILES string of the molecule is CC[C@H](C)NC(=O)[C@H](C)N(Cc1ccccc1C)C(=O)CN(c1cccc(OC)c1)S(C)(=O)=O. The predicted octanol–water partition coefficient (Wildman–Crippen LogP) is 3.10. The molecule has 2 atom stereocenters. The van der Waals surface area contributed by atoms with Gasteiger partial charge in [0.05, 0.1) is 19.1 Å². The number of aryl methyl sites for hydroxylation is 1. The number of anilines is 1. The van der Waals surface area contributed by atoms with E-state index in [1.165, 1.54) is 12.0 Å². The highest BCUT2D eigenvalue weighted by Gasteiger charge is 2.30. The molecular weight excluding hydrogens is 454 g/mol. The van der Waals surface area contributed by atoms with Crippen molar-refractivity contribution in [3.05, 3.63) is 59.7 Å². The van der Waals surface area contributed by atoms with Gasteiger partial charge < -0.3 is 15.0 Å². The Balaban J connectivity index is 2.41. The molecule has 2 amide bonds. The molecular formula is C25H35N3O5S. The number of benzene rings is 2. The zero-order valence-corrected chi connectivity index (χ0v) is 21.6. The summed E-state index contributed by atoms with van der Waals surface area (Å²) in [5.41, 5.74) is 2.16. The minimum Gasteiger partial charge on any atom is -0.497 e. The van der Waals surface area contributed by atoms with Crippen molar-refractivity contribution in [1.82, 2.24) is 10.2 Å². The number of nitrogens with zero attached hydrogens (tertiary/aromatic N) is 2. The summed E-state index contributed by atoms with van der Waals surface area (Å²) in [6, 6.07) is 13.3. The van der Waals surface area contributed by atoms with Crippen LogP contribution < -0.4 is 14.4 Å². The largest absolute Gasteiger partial charge is 0.497 e. The van der Waals surface area contributed by atoms with Crippen LogP contribution in [-0.4, -0.2) is 57.1 Å². The first-order valence-electron chi connectivity index (χ1n) is 11.2. The lowest BCUT2D eigenvalue weighted by atomic mass is 10.1. The molecule has 0 aliphatic rings. The first kappa shape index (κ1) is 27.2. The van der Waals surface area contributed by atoms with Crippen molar-refractivity contribution in [3.63, 3.8) is 0 Å². The highest BCUT2D eigenvalue weighted by molar-refractivity contribution is 7.92. The second-order valence-electron chi connectivity index (χ2n) is 8.41. The number of rotatable bonds is 11. The molecule has 0 aliphatic heterocycles. The Morgan fingerprint density at radius 1 is 1.09 bits per heavy atom. The number of sulfonamides is 1. The van der Waals surface area contributed by atoms with E-state index in [1.807, 2.05) is 45.0 Å². The molecule has 0 saturated heterocycles. The lowest BCUT2D eigenvalue weighted by Crippen LogP contribution is -2.52. The van der Waals surface area contributed by atoms with Crippen molar-refractivity contribution < 1.29 is 22.7 Å². The number of amides is 2. The topological polar surface area (TPSA) is 96.0 Å². The molecule has 2 rings (SSSR count). The highest BCUT2D eigenvalue weighted by Crippen LogP contribution is 2.24. The number of nitrogens with one attached hydrogen (secondary N) is 1. The second kappa shape index (κ2) is 11.9. The fourth-order valence-corrected chi connectivity index (χ4v) is 4.24. The molecule has 34 heavy (non-hydrogen) atoms. The summed E-state index contributed by atoms with van der Waals surface area (Å²) in [5, 5.41) is 2.91. The average Bonchev–Trinajstić information content (AvgIpc) is 2.80. The van der Waals surface area contributed by atoms with Crippen LogP contribution in [0, 0.1) is 6.92 Å². The third kappa shape index (κ3) is 7.21. The van der Waals surface area contributed by atoms with E-state index in [4.69, 9.17) is 4.74 Å². The Morgan fingerprint density at radius 2 is 1.76 bits per heavy atom. The van der Waals surface area contributed by atoms with Crippen LogP contribution in [0.3, 0.4) is 0 Å². The Bertz CT molecular complexity index is 1100. The summed E-state index contributed by atoms with van der Waals surface area (Å²) in [7, 11) is -2.31. The molecule has 9 heteroatoms. The van der Waals surface area contributed by atoms with Crippen molar-refractivity contribution >= 4 is 27.5 Å². The molecule has 0 spiro atoms. The quantitative estimate of drug-likeness (QED) is 0.523. The van der Waals surface area contributed by atoms with Gasteiger partial charge in [-0.15, -0.1) is 0 Å². The summed E-state index contributed by atoms with van der Waals surface area (Å²) in [5.74, 6) is -0.302. The van der Waals surface area contributed by atoms with E-state index in [1.54, 1.807) is 31.2 Å². The van der Waals surface area contributed by atoms with Crippen LogP contribution in [0.4, 0.5) is 5.69 Å². The van der Waals surface area contributed by atoms with Crippen LogP contribution in [0.15, 0.2) is 48.5 Å². The first-order chi connectivity index (χ1) is 16.0. The molecule has 0 unspecified atom stereocenters. The monoisotopic (exact) mass is 489 g/mol. The molecule has 2 aromatic rings. The van der Waals surface area contributed by atoms with Gasteiger partial charge in [0, 0.05) is 18.7 Å². The number of methoxy groups -OCH3 is 1. The Kier molecular flexibility index (Phi) is 9.49. The number of carbonyl (C=O) groups excluding carboxylic acids is 2. The van der Waals surface area contributed by atoms with Crippen molar-refractivity contribution in [1.29, 1.82) is 0 Å². The van der Waals surface area contributed by atoms with E-state index < -0.39 is 28.5 Å². The van der Waals surface area contributed by atoms with Crippen molar-refractivity contribution in [2.45, 2.75) is 52.7 Å². The minimum absolute atomic E-state index is 0.0466. The molecule has 0 fully saturated rings. The fourth-order valence-electron chi connectivity index (χ4n) is 3.40. The van der Waals surface area contributed by atoms with Gasteiger partial charge in [-0.05, 0) is 50.5 Å². The smallest absolute Gasteiger partial charge is 0.244 e. The van der Waals surface area contributed by atoms with Gasteiger partial charge in [0.25, 0.3) is 0 Å². The Morgan fingerprint density at radius 3 is 2.35 bits per heavy atom. The van der Waals surface area contributed by atoms with Crippen LogP contribution in [0.25, 0.3) is 0 Å². The molecule has 186 valence electrons. The number of ether oxygens (including phenoxy) is 1. The van der Waals surface area contributed by atoms with Crippen LogP contribution in [0.2, 0.25) is 0 Å². The third-order valence-corrected chi connectivity index (χ3v) is 6.93. The van der Waals surface area contributed by atoms with E-state index >= 15 is 0 Å². The molecule has 0 radical (unpaired) electrons. The van der Waals surface area contributed by atoms with Crippen LogP contribution >= 0.6 is 0 Å². The average molecular weight is 490 g/mol. The van der Waals surface area contributed by atoms with Gasteiger partial charge in [0.1, 0.15) is 18.3 Å². The maximum atomic E-state index is 13.6. The normalized spacial score (nSPS) is 13.0. The molecule has 0 aliphatic carbocycles.